The van der Waals surface area contributed by atoms with E-state index >= 15 is 0 Å². The smallest absolute Gasteiger partial charge is 0.0958 e. The summed E-state index contributed by atoms with van der Waals surface area (Å²) in [6, 6.07) is 5.36. The lowest BCUT2D eigenvalue weighted by Gasteiger charge is -2.15. The van der Waals surface area contributed by atoms with E-state index in [1.807, 2.05) is 6.07 Å². The molecule has 0 saturated heterocycles. The monoisotopic (exact) mass is 219 g/mol. The summed E-state index contributed by atoms with van der Waals surface area (Å²) < 4.78 is 0. The van der Waals surface area contributed by atoms with Gasteiger partial charge in [0.05, 0.1) is 16.2 Å². The summed E-state index contributed by atoms with van der Waals surface area (Å²) in [4.78, 5) is 0. The average Bonchev–Trinajstić information content (AvgIpc) is 2.13. The van der Waals surface area contributed by atoms with Crippen molar-refractivity contribution in [3.63, 3.8) is 0 Å². The second-order valence-corrected chi connectivity index (χ2v) is 3.38. The van der Waals surface area contributed by atoms with Gasteiger partial charge in [-0.25, -0.2) is 5.43 Å². The van der Waals surface area contributed by atoms with Crippen LogP contribution in [0.3, 0.4) is 0 Å². The van der Waals surface area contributed by atoms with Crippen LogP contribution in [0, 0.1) is 0 Å². The van der Waals surface area contributed by atoms with Crippen molar-refractivity contribution in [1.29, 1.82) is 0 Å². The predicted octanol–water partition coefficient (Wildman–Crippen LogP) is 1.67. The zero-order valence-electron chi connectivity index (χ0n) is 7.14. The van der Waals surface area contributed by atoms with Gasteiger partial charge in [-0.1, -0.05) is 29.3 Å². The van der Waals surface area contributed by atoms with Crippen molar-refractivity contribution in [1.82, 2.24) is 10.7 Å². The van der Waals surface area contributed by atoms with Crippen molar-refractivity contribution in [2.24, 2.45) is 5.84 Å². The molecular weight excluding hydrogens is 209 g/mol. The van der Waals surface area contributed by atoms with Crippen LogP contribution in [0.4, 0.5) is 0 Å². The number of rotatable bonds is 3. The topological polar surface area (TPSA) is 50.1 Å². The first kappa shape index (κ1) is 10.8. The van der Waals surface area contributed by atoms with Crippen LogP contribution in [0.5, 0.6) is 0 Å². The van der Waals surface area contributed by atoms with Crippen LogP contribution in [-0.2, 0) is 0 Å². The van der Waals surface area contributed by atoms with Crippen LogP contribution in [0.25, 0.3) is 0 Å². The second-order valence-electron chi connectivity index (χ2n) is 2.56. The molecule has 1 unspecified atom stereocenters. The maximum Gasteiger partial charge on any atom is 0.0958 e. The third-order valence-corrected chi connectivity index (χ3v) is 2.47. The van der Waals surface area contributed by atoms with Crippen LogP contribution >= 0.6 is 23.2 Å². The van der Waals surface area contributed by atoms with E-state index in [0.717, 1.165) is 5.56 Å². The summed E-state index contributed by atoms with van der Waals surface area (Å²) >= 11 is 11.6. The highest BCUT2D eigenvalue weighted by Crippen LogP contribution is 2.24. The normalized spacial score (nSPS) is 12.9. The van der Waals surface area contributed by atoms with Crippen molar-refractivity contribution in [3.05, 3.63) is 33.8 Å². The molecule has 0 spiro atoms. The molecule has 13 heavy (non-hydrogen) atoms. The van der Waals surface area contributed by atoms with Gasteiger partial charge in [0.15, 0.2) is 0 Å². The maximum absolute atomic E-state index is 5.84. The minimum absolute atomic E-state index is 0.116. The molecule has 1 aromatic carbocycles. The molecule has 0 amide bonds. The lowest BCUT2D eigenvalue weighted by atomic mass is 10.2. The molecule has 1 aromatic rings. The Hall–Kier alpha value is -0.320. The number of hydrogen-bond donors (Lipinski definition) is 3. The first-order valence-corrected chi connectivity index (χ1v) is 4.53. The number of halogens is 2. The molecule has 4 N–H and O–H groups in total. The molecule has 5 heteroatoms. The van der Waals surface area contributed by atoms with Gasteiger partial charge in [0, 0.05) is 0 Å². The maximum atomic E-state index is 5.84. The molecule has 0 aliphatic carbocycles. The Bertz CT molecular complexity index is 287. The zero-order valence-corrected chi connectivity index (χ0v) is 8.65. The Labute approximate surface area is 87.2 Å². The zero-order chi connectivity index (χ0) is 9.84. The summed E-state index contributed by atoms with van der Waals surface area (Å²) in [5.74, 6) is 5.31. The molecule has 1 atom stereocenters. The quantitative estimate of drug-likeness (QED) is 0.412. The Morgan fingerprint density at radius 3 is 2.46 bits per heavy atom. The number of nitrogens with one attached hydrogen (secondary N) is 2. The van der Waals surface area contributed by atoms with E-state index in [9.17, 15) is 0 Å². The van der Waals surface area contributed by atoms with Crippen LogP contribution in [0.15, 0.2) is 18.2 Å². The summed E-state index contributed by atoms with van der Waals surface area (Å²) in [7, 11) is 1.80. The van der Waals surface area contributed by atoms with E-state index in [1.54, 1.807) is 19.2 Å². The molecule has 72 valence electrons. The fourth-order valence-corrected chi connectivity index (χ4v) is 1.34. The average molecular weight is 220 g/mol. The third kappa shape index (κ3) is 2.56. The molecule has 0 heterocycles. The fraction of sp³-hybridized carbons (Fsp3) is 0.250. The molecule has 3 nitrogen and oxygen atoms in total. The summed E-state index contributed by atoms with van der Waals surface area (Å²) in [6.07, 6.45) is -0.116. The molecule has 0 aliphatic heterocycles. The highest BCUT2D eigenvalue weighted by molar-refractivity contribution is 6.42. The lowest BCUT2D eigenvalue weighted by molar-refractivity contribution is 0.489. The highest BCUT2D eigenvalue weighted by Gasteiger charge is 2.07. The second kappa shape index (κ2) is 4.79. The molecule has 0 bridgehead atoms. The van der Waals surface area contributed by atoms with Gasteiger partial charge in [-0.2, -0.15) is 0 Å². The molecule has 0 aromatic heterocycles. The van der Waals surface area contributed by atoms with Gasteiger partial charge >= 0.3 is 0 Å². The Balaban J connectivity index is 2.95. The molecule has 1 rings (SSSR count). The number of hydrogen-bond acceptors (Lipinski definition) is 3. The number of hydrazine groups is 1. The van der Waals surface area contributed by atoms with Gasteiger partial charge in [0.1, 0.15) is 0 Å². The van der Waals surface area contributed by atoms with Gasteiger partial charge in [0.25, 0.3) is 0 Å². The number of benzene rings is 1. The van der Waals surface area contributed by atoms with Gasteiger partial charge in [-0.3, -0.25) is 5.84 Å². The van der Waals surface area contributed by atoms with Crippen LogP contribution in [0.1, 0.15) is 11.7 Å². The summed E-state index contributed by atoms with van der Waals surface area (Å²) in [5.41, 5.74) is 3.55. The molecule has 0 aliphatic rings. The molecule has 0 fully saturated rings. The van der Waals surface area contributed by atoms with Gasteiger partial charge < -0.3 is 5.32 Å². The number of nitrogens with two attached hydrogens (primary N) is 1. The predicted molar refractivity (Wildman–Crippen MR) is 55.6 cm³/mol. The standard InChI is InChI=1S/C8H11Cl2N3/c1-12-8(13-11)5-2-3-6(9)7(10)4-5/h2-4,8,12-13H,11H2,1H3. The van der Waals surface area contributed by atoms with Gasteiger partial charge in [0.2, 0.25) is 0 Å². The summed E-state index contributed by atoms with van der Waals surface area (Å²) in [5, 5.41) is 4.04. The minimum atomic E-state index is -0.116. The van der Waals surface area contributed by atoms with Crippen molar-refractivity contribution in [2.75, 3.05) is 7.05 Å². The van der Waals surface area contributed by atoms with Crippen molar-refractivity contribution >= 4 is 23.2 Å². The van der Waals surface area contributed by atoms with E-state index in [0.29, 0.717) is 10.0 Å². The Kier molecular flexibility index (Phi) is 3.96. The van der Waals surface area contributed by atoms with Crippen LogP contribution in [0.2, 0.25) is 10.0 Å². The third-order valence-electron chi connectivity index (χ3n) is 1.73. The van der Waals surface area contributed by atoms with E-state index in [4.69, 9.17) is 29.0 Å². The first-order chi connectivity index (χ1) is 6.19. The van der Waals surface area contributed by atoms with Crippen LogP contribution < -0.4 is 16.6 Å². The van der Waals surface area contributed by atoms with E-state index in [-0.39, 0.29) is 6.17 Å². The van der Waals surface area contributed by atoms with E-state index in [1.165, 1.54) is 0 Å². The van der Waals surface area contributed by atoms with Crippen molar-refractivity contribution < 1.29 is 0 Å². The minimum Gasteiger partial charge on any atom is -0.300 e. The largest absolute Gasteiger partial charge is 0.300 e. The highest BCUT2D eigenvalue weighted by atomic mass is 35.5. The first-order valence-electron chi connectivity index (χ1n) is 3.77. The van der Waals surface area contributed by atoms with E-state index < -0.39 is 0 Å². The Morgan fingerprint density at radius 1 is 1.31 bits per heavy atom. The van der Waals surface area contributed by atoms with Crippen molar-refractivity contribution in [3.8, 4) is 0 Å². The van der Waals surface area contributed by atoms with Crippen LogP contribution in [-0.4, -0.2) is 7.05 Å². The van der Waals surface area contributed by atoms with Gasteiger partial charge in [-0.15, -0.1) is 0 Å². The Morgan fingerprint density at radius 2 is 2.00 bits per heavy atom. The summed E-state index contributed by atoms with van der Waals surface area (Å²) in [6.45, 7) is 0. The van der Waals surface area contributed by atoms with Gasteiger partial charge in [-0.05, 0) is 24.7 Å². The molecule has 0 radical (unpaired) electrons. The lowest BCUT2D eigenvalue weighted by Crippen LogP contribution is -2.36. The SMILES string of the molecule is CNC(NN)c1ccc(Cl)c(Cl)c1. The molecular formula is C8H11Cl2N3. The fourth-order valence-electron chi connectivity index (χ4n) is 1.04. The molecule has 0 saturated carbocycles. The van der Waals surface area contributed by atoms with Crippen molar-refractivity contribution in [2.45, 2.75) is 6.17 Å². The van der Waals surface area contributed by atoms with E-state index in [2.05, 4.69) is 10.7 Å².